The van der Waals surface area contributed by atoms with Gasteiger partial charge in [0.2, 0.25) is 5.91 Å². The maximum atomic E-state index is 12.1. The number of hydrogen-bond acceptors (Lipinski definition) is 3. The van der Waals surface area contributed by atoms with Gasteiger partial charge in [-0.2, -0.15) is 0 Å². The third-order valence-corrected chi connectivity index (χ3v) is 3.65. The Kier molecular flexibility index (Phi) is 6.48. The second-order valence-electron chi connectivity index (χ2n) is 5.29. The van der Waals surface area contributed by atoms with Gasteiger partial charge in [-0.1, -0.05) is 30.3 Å². The van der Waals surface area contributed by atoms with Crippen molar-refractivity contribution in [3.05, 3.63) is 59.7 Å². The lowest BCUT2D eigenvalue weighted by Gasteiger charge is -2.11. The number of methoxy groups -OCH3 is 2. The van der Waals surface area contributed by atoms with Gasteiger partial charge < -0.3 is 14.8 Å². The number of benzene rings is 2. The van der Waals surface area contributed by atoms with Crippen LogP contribution in [0, 0.1) is 0 Å². The Morgan fingerprint density at radius 3 is 2.52 bits per heavy atom. The minimum Gasteiger partial charge on any atom is -0.497 e. The van der Waals surface area contributed by atoms with E-state index in [1.54, 1.807) is 14.2 Å². The van der Waals surface area contributed by atoms with E-state index < -0.39 is 0 Å². The molecule has 2 aromatic carbocycles. The molecule has 1 N–H and O–H groups in total. The van der Waals surface area contributed by atoms with E-state index in [0.29, 0.717) is 12.3 Å². The maximum Gasteiger partial charge on any atom is 0.224 e. The number of aryl methyl sites for hydroxylation is 1. The van der Waals surface area contributed by atoms with Gasteiger partial charge in [0.15, 0.2) is 0 Å². The molecule has 0 fully saturated rings. The zero-order valence-corrected chi connectivity index (χ0v) is 13.7. The molecule has 0 aliphatic heterocycles. The quantitative estimate of drug-likeness (QED) is 0.762. The summed E-state index contributed by atoms with van der Waals surface area (Å²) in [5.74, 6) is 1.41. The van der Waals surface area contributed by atoms with Gasteiger partial charge in [-0.15, -0.1) is 0 Å². The molecule has 122 valence electrons. The lowest BCUT2D eigenvalue weighted by molar-refractivity contribution is -0.120. The smallest absolute Gasteiger partial charge is 0.224 e. The highest BCUT2D eigenvalue weighted by molar-refractivity contribution is 5.79. The first-order valence-corrected chi connectivity index (χ1v) is 7.74. The highest BCUT2D eigenvalue weighted by atomic mass is 16.5. The van der Waals surface area contributed by atoms with E-state index >= 15 is 0 Å². The number of carbonyl (C=O) groups is 1. The van der Waals surface area contributed by atoms with Gasteiger partial charge in [0, 0.05) is 12.1 Å². The number of carbonyl (C=O) groups excluding carboxylic acids is 1. The van der Waals surface area contributed by atoms with Crippen molar-refractivity contribution in [1.82, 2.24) is 5.32 Å². The van der Waals surface area contributed by atoms with Crippen molar-refractivity contribution in [2.24, 2.45) is 0 Å². The van der Waals surface area contributed by atoms with Crippen LogP contribution in [-0.4, -0.2) is 26.7 Å². The van der Waals surface area contributed by atoms with Crippen molar-refractivity contribution >= 4 is 5.91 Å². The van der Waals surface area contributed by atoms with E-state index in [0.717, 1.165) is 24.2 Å². The molecule has 4 heteroatoms. The monoisotopic (exact) mass is 313 g/mol. The van der Waals surface area contributed by atoms with E-state index in [-0.39, 0.29) is 12.3 Å². The molecule has 0 radical (unpaired) electrons. The SMILES string of the molecule is COc1ccc(OC)c(CC(=O)NCCCc2ccccc2)c1. The van der Waals surface area contributed by atoms with Crippen LogP contribution < -0.4 is 14.8 Å². The summed E-state index contributed by atoms with van der Waals surface area (Å²) in [4.78, 5) is 12.1. The molecule has 23 heavy (non-hydrogen) atoms. The molecule has 0 saturated heterocycles. The van der Waals surface area contributed by atoms with Gasteiger partial charge in [0.1, 0.15) is 11.5 Å². The van der Waals surface area contributed by atoms with Crippen molar-refractivity contribution in [2.45, 2.75) is 19.3 Å². The molecule has 0 aromatic heterocycles. The van der Waals surface area contributed by atoms with Crippen LogP contribution >= 0.6 is 0 Å². The molecule has 0 saturated carbocycles. The lowest BCUT2D eigenvalue weighted by Crippen LogP contribution is -2.26. The first-order valence-electron chi connectivity index (χ1n) is 7.74. The summed E-state index contributed by atoms with van der Waals surface area (Å²) in [6.07, 6.45) is 2.17. The fraction of sp³-hybridized carbons (Fsp3) is 0.316. The number of rotatable bonds is 8. The van der Waals surface area contributed by atoms with Gasteiger partial charge in [0.05, 0.1) is 20.6 Å². The molecule has 2 rings (SSSR count). The fourth-order valence-electron chi connectivity index (χ4n) is 2.42. The Morgan fingerprint density at radius 1 is 1.04 bits per heavy atom. The number of hydrogen-bond donors (Lipinski definition) is 1. The van der Waals surface area contributed by atoms with Crippen molar-refractivity contribution in [1.29, 1.82) is 0 Å². The maximum absolute atomic E-state index is 12.1. The van der Waals surface area contributed by atoms with Crippen molar-refractivity contribution < 1.29 is 14.3 Å². The number of amides is 1. The number of nitrogens with one attached hydrogen (secondary N) is 1. The summed E-state index contributed by atoms with van der Waals surface area (Å²) in [7, 11) is 3.21. The van der Waals surface area contributed by atoms with E-state index in [9.17, 15) is 4.79 Å². The molecule has 0 unspecified atom stereocenters. The van der Waals surface area contributed by atoms with Crippen molar-refractivity contribution in [3.63, 3.8) is 0 Å². The molecule has 1 amide bonds. The summed E-state index contributed by atoms with van der Waals surface area (Å²) < 4.78 is 10.5. The summed E-state index contributed by atoms with van der Waals surface area (Å²) in [6.45, 7) is 0.667. The second kappa shape index (κ2) is 8.83. The first kappa shape index (κ1) is 16.9. The normalized spacial score (nSPS) is 10.2. The zero-order chi connectivity index (χ0) is 16.5. The molecule has 0 heterocycles. The van der Waals surface area contributed by atoms with Gasteiger partial charge in [-0.3, -0.25) is 4.79 Å². The van der Waals surface area contributed by atoms with Gasteiger partial charge in [-0.25, -0.2) is 0 Å². The largest absolute Gasteiger partial charge is 0.497 e. The molecule has 0 bridgehead atoms. The topological polar surface area (TPSA) is 47.6 Å². The molecule has 2 aromatic rings. The average molecular weight is 313 g/mol. The average Bonchev–Trinajstić information content (AvgIpc) is 2.59. The van der Waals surface area contributed by atoms with Gasteiger partial charge >= 0.3 is 0 Å². The summed E-state index contributed by atoms with van der Waals surface area (Å²) in [5, 5.41) is 2.95. The van der Waals surface area contributed by atoms with E-state index in [4.69, 9.17) is 9.47 Å². The standard InChI is InChI=1S/C19H23NO3/c1-22-17-10-11-18(23-2)16(13-17)14-19(21)20-12-6-9-15-7-4-3-5-8-15/h3-5,7-8,10-11,13H,6,9,12,14H2,1-2H3,(H,20,21). The van der Waals surface area contributed by atoms with Crippen molar-refractivity contribution in [2.75, 3.05) is 20.8 Å². The third-order valence-electron chi connectivity index (χ3n) is 3.65. The predicted molar refractivity (Wildman–Crippen MR) is 91.0 cm³/mol. The van der Waals surface area contributed by atoms with Gasteiger partial charge in [0.25, 0.3) is 0 Å². The van der Waals surface area contributed by atoms with Gasteiger partial charge in [-0.05, 0) is 36.6 Å². The zero-order valence-electron chi connectivity index (χ0n) is 13.7. The van der Waals surface area contributed by atoms with E-state index in [1.165, 1.54) is 5.56 Å². The minimum atomic E-state index is -0.00962. The Bertz CT molecular complexity index is 626. The Morgan fingerprint density at radius 2 is 1.83 bits per heavy atom. The summed E-state index contributed by atoms with van der Waals surface area (Å²) in [5.41, 5.74) is 2.11. The van der Waals surface area contributed by atoms with Crippen LogP contribution in [0.15, 0.2) is 48.5 Å². The molecule has 0 aliphatic carbocycles. The van der Waals surface area contributed by atoms with E-state index in [2.05, 4.69) is 17.4 Å². The molecule has 0 atom stereocenters. The molecule has 0 aliphatic rings. The number of ether oxygens (including phenoxy) is 2. The molecular weight excluding hydrogens is 290 g/mol. The van der Waals surface area contributed by atoms with Crippen LogP contribution in [0.5, 0.6) is 11.5 Å². The fourth-order valence-corrected chi connectivity index (χ4v) is 2.42. The van der Waals surface area contributed by atoms with Crippen LogP contribution in [0.2, 0.25) is 0 Å². The Balaban J connectivity index is 1.80. The molecular formula is C19H23NO3. The highest BCUT2D eigenvalue weighted by Gasteiger charge is 2.10. The molecule has 4 nitrogen and oxygen atoms in total. The second-order valence-corrected chi connectivity index (χ2v) is 5.29. The summed E-state index contributed by atoms with van der Waals surface area (Å²) >= 11 is 0. The summed E-state index contributed by atoms with van der Waals surface area (Å²) in [6, 6.07) is 15.7. The van der Waals surface area contributed by atoms with Crippen molar-refractivity contribution in [3.8, 4) is 11.5 Å². The van der Waals surface area contributed by atoms with Crippen LogP contribution in [-0.2, 0) is 17.6 Å². The van der Waals surface area contributed by atoms with Crippen LogP contribution in [0.4, 0.5) is 0 Å². The lowest BCUT2D eigenvalue weighted by atomic mass is 10.1. The minimum absolute atomic E-state index is 0.00962. The third kappa shape index (κ3) is 5.33. The Hall–Kier alpha value is -2.49. The Labute approximate surface area is 137 Å². The van der Waals surface area contributed by atoms with Crippen LogP contribution in [0.3, 0.4) is 0 Å². The van der Waals surface area contributed by atoms with Crippen LogP contribution in [0.25, 0.3) is 0 Å². The highest BCUT2D eigenvalue weighted by Crippen LogP contribution is 2.24. The van der Waals surface area contributed by atoms with Crippen LogP contribution in [0.1, 0.15) is 17.5 Å². The van der Waals surface area contributed by atoms with E-state index in [1.807, 2.05) is 36.4 Å². The predicted octanol–water partition coefficient (Wildman–Crippen LogP) is 3.00. The molecule has 0 spiro atoms. The first-order chi connectivity index (χ1) is 11.2.